The summed E-state index contributed by atoms with van der Waals surface area (Å²) in [5.41, 5.74) is 4.85. The van der Waals surface area contributed by atoms with Gasteiger partial charge in [-0.15, -0.1) is 0 Å². The number of allylic oxidation sites excluding steroid dienone is 3. The van der Waals surface area contributed by atoms with Crippen LogP contribution in [0.3, 0.4) is 0 Å². The number of carboxylic acid groups (broad SMARTS) is 1. The zero-order chi connectivity index (χ0) is 36.8. The second kappa shape index (κ2) is 12.6. The molecule has 1 heterocycles. The first-order valence-corrected chi connectivity index (χ1v) is 21.6. The third kappa shape index (κ3) is 5.79. The fraction of sp³-hybridized carbons (Fsp3) is 0.721. The minimum Gasteiger partial charge on any atom is -0.478 e. The molecule has 1 aromatic carbocycles. The Morgan fingerprint density at radius 3 is 2.24 bits per heavy atom. The third-order valence-corrected chi connectivity index (χ3v) is 18.3. The lowest BCUT2D eigenvalue weighted by molar-refractivity contribution is -0.225. The summed E-state index contributed by atoms with van der Waals surface area (Å²) >= 11 is 0. The summed E-state index contributed by atoms with van der Waals surface area (Å²) in [6.45, 7) is 21.5. The number of nitrogens with one attached hydrogen (secondary N) is 1. The van der Waals surface area contributed by atoms with Gasteiger partial charge in [-0.05, 0) is 145 Å². The van der Waals surface area contributed by atoms with Crippen LogP contribution in [-0.2, 0) is 14.6 Å². The molecular formula is C43H62N2O5S. The molecule has 0 spiro atoms. The first kappa shape index (κ1) is 36.9. The summed E-state index contributed by atoms with van der Waals surface area (Å²) in [5.74, 6) is 2.20. The molecule has 1 saturated heterocycles. The van der Waals surface area contributed by atoms with Gasteiger partial charge in [0.1, 0.15) is 0 Å². The van der Waals surface area contributed by atoms with Crippen molar-refractivity contribution < 1.29 is 23.1 Å². The Bertz CT molecular complexity index is 1720. The van der Waals surface area contributed by atoms with Gasteiger partial charge in [-0.1, -0.05) is 65.0 Å². The second-order valence-corrected chi connectivity index (χ2v) is 21.5. The Hall–Kier alpha value is -2.45. The van der Waals surface area contributed by atoms with Crippen molar-refractivity contribution in [2.75, 3.05) is 37.7 Å². The number of amides is 1. The topological polar surface area (TPSA) is 104 Å². The molecule has 9 atom stereocenters. The Morgan fingerprint density at radius 1 is 0.902 bits per heavy atom. The Balaban J connectivity index is 1.13. The van der Waals surface area contributed by atoms with Crippen LogP contribution >= 0.6 is 0 Å². The van der Waals surface area contributed by atoms with E-state index in [4.69, 9.17) is 0 Å². The second-order valence-electron chi connectivity index (χ2n) is 19.2. The SMILES string of the molecule is C=C(C)[C@@H]1CC[C@]2(CNC(=O)CN3CCS(=O)(=O)CC3)CC[C@]3(C)[C@H](CCC4[C@@]5(C)CC=C(c6ccc(C(=O)O)cc6)C(C)(C)[C@@H]5CC[C@]43C)[C@@H]12. The minimum atomic E-state index is -2.97. The Kier molecular flexibility index (Phi) is 9.09. The molecule has 1 aliphatic heterocycles. The standard InChI is InChI=1S/C43H62N2O5S/c1-28(2)31-14-19-43(27-44-36(46)26-45-22-24-51(49,50)25-23-45)21-20-41(6)33(37(31)43)12-13-35-40(5)17-15-32(29-8-10-30(11-9-29)38(47)48)39(3,4)34(40)16-18-42(35,41)7/h8-11,15,31,33-35,37H,1,12-14,16-27H2,2-7H3,(H,44,46)(H,47,48)/t31-,33+,34-,35?,37+,40-,41+,42+,43+/m0/s1. The highest BCUT2D eigenvalue weighted by Crippen LogP contribution is 2.77. The highest BCUT2D eigenvalue weighted by molar-refractivity contribution is 7.91. The van der Waals surface area contributed by atoms with Crippen molar-refractivity contribution in [1.82, 2.24) is 10.2 Å². The molecule has 280 valence electrons. The number of sulfone groups is 1. The van der Waals surface area contributed by atoms with Gasteiger partial charge in [-0.3, -0.25) is 9.69 Å². The van der Waals surface area contributed by atoms with Gasteiger partial charge < -0.3 is 10.4 Å². The lowest BCUT2D eigenvalue weighted by Crippen LogP contribution is -2.66. The number of carbonyl (C=O) groups is 2. The Morgan fingerprint density at radius 2 is 1.59 bits per heavy atom. The van der Waals surface area contributed by atoms with Crippen molar-refractivity contribution in [3.8, 4) is 0 Å². The number of hydrogen-bond donors (Lipinski definition) is 2. The van der Waals surface area contributed by atoms with E-state index in [-0.39, 0.29) is 51.0 Å². The van der Waals surface area contributed by atoms with Gasteiger partial charge in [0.05, 0.1) is 23.6 Å². The lowest BCUT2D eigenvalue weighted by Gasteiger charge is -2.72. The van der Waals surface area contributed by atoms with E-state index in [0.717, 1.165) is 31.2 Å². The monoisotopic (exact) mass is 718 g/mol. The number of aromatic carboxylic acids is 1. The van der Waals surface area contributed by atoms with Gasteiger partial charge in [0.25, 0.3) is 0 Å². The molecule has 6 aliphatic rings. The van der Waals surface area contributed by atoms with E-state index in [0.29, 0.717) is 54.8 Å². The first-order valence-electron chi connectivity index (χ1n) is 19.8. The molecule has 5 aliphatic carbocycles. The van der Waals surface area contributed by atoms with Crippen LogP contribution in [0.5, 0.6) is 0 Å². The van der Waals surface area contributed by atoms with Crippen molar-refractivity contribution in [3.63, 3.8) is 0 Å². The van der Waals surface area contributed by atoms with Crippen LogP contribution in [0.1, 0.15) is 115 Å². The number of benzene rings is 1. The van der Waals surface area contributed by atoms with E-state index in [1.54, 1.807) is 12.1 Å². The predicted molar refractivity (Wildman–Crippen MR) is 204 cm³/mol. The van der Waals surface area contributed by atoms with Crippen LogP contribution in [0.15, 0.2) is 42.5 Å². The number of fused-ring (bicyclic) bond motifs is 7. The number of carbonyl (C=O) groups excluding carboxylic acids is 1. The molecular weight excluding hydrogens is 657 g/mol. The van der Waals surface area contributed by atoms with Gasteiger partial charge in [0, 0.05) is 19.6 Å². The number of rotatable bonds is 7. The van der Waals surface area contributed by atoms with Crippen LogP contribution in [0.4, 0.5) is 0 Å². The van der Waals surface area contributed by atoms with Gasteiger partial charge in [-0.2, -0.15) is 0 Å². The summed E-state index contributed by atoms with van der Waals surface area (Å²) in [6, 6.07) is 7.52. The molecule has 1 aromatic rings. The van der Waals surface area contributed by atoms with Crippen LogP contribution in [0.2, 0.25) is 0 Å². The zero-order valence-electron chi connectivity index (χ0n) is 32.0. The van der Waals surface area contributed by atoms with E-state index in [2.05, 4.69) is 59.5 Å². The van der Waals surface area contributed by atoms with Crippen molar-refractivity contribution in [2.24, 2.45) is 56.7 Å². The van der Waals surface area contributed by atoms with E-state index in [1.165, 1.54) is 43.3 Å². The van der Waals surface area contributed by atoms with Crippen LogP contribution < -0.4 is 5.32 Å². The molecule has 0 bridgehead atoms. The molecule has 7 nitrogen and oxygen atoms in total. The molecule has 0 radical (unpaired) electrons. The largest absolute Gasteiger partial charge is 0.478 e. The Labute approximate surface area is 307 Å². The molecule has 8 heteroatoms. The maximum absolute atomic E-state index is 13.3. The highest BCUT2D eigenvalue weighted by atomic mass is 32.2. The van der Waals surface area contributed by atoms with Crippen LogP contribution in [0, 0.1) is 56.7 Å². The molecule has 5 fully saturated rings. The number of carboxylic acids is 1. The van der Waals surface area contributed by atoms with Crippen molar-refractivity contribution in [1.29, 1.82) is 0 Å². The average Bonchev–Trinajstić information content (AvgIpc) is 3.45. The molecule has 4 saturated carbocycles. The summed E-state index contributed by atoms with van der Waals surface area (Å²) < 4.78 is 23.9. The molecule has 7 rings (SSSR count). The minimum absolute atomic E-state index is 0.0182. The maximum atomic E-state index is 13.3. The van der Waals surface area contributed by atoms with Gasteiger partial charge >= 0.3 is 5.97 Å². The average molecular weight is 719 g/mol. The third-order valence-electron chi connectivity index (χ3n) is 16.7. The number of hydrogen-bond acceptors (Lipinski definition) is 5. The highest BCUT2D eigenvalue weighted by Gasteiger charge is 2.70. The smallest absolute Gasteiger partial charge is 0.335 e. The van der Waals surface area contributed by atoms with Gasteiger partial charge in [0.15, 0.2) is 9.84 Å². The first-order chi connectivity index (χ1) is 23.9. The summed E-state index contributed by atoms with van der Waals surface area (Å²) in [6.07, 6.45) is 13.1. The van der Waals surface area contributed by atoms with E-state index in [1.807, 2.05) is 17.0 Å². The van der Waals surface area contributed by atoms with Crippen LogP contribution in [0.25, 0.3) is 5.57 Å². The molecule has 51 heavy (non-hydrogen) atoms. The summed E-state index contributed by atoms with van der Waals surface area (Å²) in [7, 11) is -2.97. The molecule has 1 unspecified atom stereocenters. The molecule has 0 aromatic heterocycles. The predicted octanol–water partition coefficient (Wildman–Crippen LogP) is 7.88. The van der Waals surface area contributed by atoms with Crippen molar-refractivity contribution in [2.45, 2.75) is 99.3 Å². The molecule has 2 N–H and O–H groups in total. The van der Waals surface area contributed by atoms with E-state index < -0.39 is 15.8 Å². The van der Waals surface area contributed by atoms with Gasteiger partial charge in [0.2, 0.25) is 5.91 Å². The quantitative estimate of drug-likeness (QED) is 0.278. The number of nitrogens with zero attached hydrogens (tertiary/aromatic N) is 1. The van der Waals surface area contributed by atoms with E-state index >= 15 is 0 Å². The van der Waals surface area contributed by atoms with E-state index in [9.17, 15) is 23.1 Å². The summed E-state index contributed by atoms with van der Waals surface area (Å²) in [4.78, 5) is 26.9. The maximum Gasteiger partial charge on any atom is 0.335 e. The lowest BCUT2D eigenvalue weighted by atomic mass is 9.32. The normalized spacial score (nSPS) is 41.2. The summed E-state index contributed by atoms with van der Waals surface area (Å²) in [5, 5.41) is 12.9. The van der Waals surface area contributed by atoms with Crippen molar-refractivity contribution in [3.05, 3.63) is 53.6 Å². The van der Waals surface area contributed by atoms with Gasteiger partial charge in [-0.25, -0.2) is 13.2 Å². The fourth-order valence-electron chi connectivity index (χ4n) is 13.9. The fourth-order valence-corrected chi connectivity index (χ4v) is 15.2. The molecule has 1 amide bonds. The van der Waals surface area contributed by atoms with Crippen LogP contribution in [-0.4, -0.2) is 68.0 Å². The van der Waals surface area contributed by atoms with Crippen molar-refractivity contribution >= 4 is 27.3 Å². The zero-order valence-corrected chi connectivity index (χ0v) is 32.8.